The van der Waals surface area contributed by atoms with Crippen molar-refractivity contribution in [3.05, 3.63) is 71.1 Å². The van der Waals surface area contributed by atoms with Gasteiger partial charge in [-0.15, -0.1) is 0 Å². The number of methoxy groups -OCH3 is 3. The number of hydrogen-bond donors (Lipinski definition) is 0. The lowest BCUT2D eigenvalue weighted by Gasteiger charge is -2.28. The summed E-state index contributed by atoms with van der Waals surface area (Å²) in [5.41, 5.74) is 2.06. The minimum atomic E-state index is -0.439. The van der Waals surface area contributed by atoms with Crippen molar-refractivity contribution < 1.29 is 18.9 Å². The molecule has 3 aromatic rings. The van der Waals surface area contributed by atoms with Crippen molar-refractivity contribution in [3.8, 4) is 29.1 Å². The fourth-order valence-corrected chi connectivity index (χ4v) is 4.02. The highest BCUT2D eigenvalue weighted by Gasteiger charge is 2.34. The molecule has 0 saturated carbocycles. The third-order valence-corrected chi connectivity index (χ3v) is 5.49. The predicted octanol–water partition coefficient (Wildman–Crippen LogP) is 4.71. The number of rotatable bonds is 6. The summed E-state index contributed by atoms with van der Waals surface area (Å²) >= 11 is 0. The molecule has 3 aromatic carbocycles. The van der Waals surface area contributed by atoms with Crippen LogP contribution >= 0.6 is 0 Å². The third-order valence-electron chi connectivity index (χ3n) is 5.49. The molecule has 0 aliphatic carbocycles. The molecule has 1 heterocycles. The standard InChI is InChI=1S/C26H25N3O4/c1-29(2)15-28-26-20(14-27)23(17-12-21(30-3)25(32-5)22(13-17)31-4)19-11-10-16-8-6-7-9-18(16)24(19)33-26/h6-13,15,23H,1-5H3/t23-/m0/s1. The van der Waals surface area contributed by atoms with Crippen LogP contribution in [0.25, 0.3) is 10.8 Å². The molecule has 0 fully saturated rings. The van der Waals surface area contributed by atoms with Gasteiger partial charge in [0.1, 0.15) is 17.4 Å². The molecule has 1 aliphatic rings. The van der Waals surface area contributed by atoms with Crippen molar-refractivity contribution in [2.45, 2.75) is 5.92 Å². The maximum atomic E-state index is 10.2. The highest BCUT2D eigenvalue weighted by Crippen LogP contribution is 2.49. The average molecular weight is 444 g/mol. The minimum Gasteiger partial charge on any atom is -0.493 e. The molecular formula is C26H25N3O4. The molecule has 0 spiro atoms. The number of allylic oxidation sites excluding steroid dienone is 1. The van der Waals surface area contributed by atoms with Crippen LogP contribution in [0.4, 0.5) is 0 Å². The lowest BCUT2D eigenvalue weighted by atomic mass is 9.82. The number of benzene rings is 3. The number of nitriles is 1. The van der Waals surface area contributed by atoms with Crippen LogP contribution in [0.2, 0.25) is 0 Å². The van der Waals surface area contributed by atoms with Crippen LogP contribution in [0.1, 0.15) is 17.0 Å². The van der Waals surface area contributed by atoms with Gasteiger partial charge in [0.05, 0.1) is 33.6 Å². The topological polar surface area (TPSA) is 76.3 Å². The monoisotopic (exact) mass is 443 g/mol. The summed E-state index contributed by atoms with van der Waals surface area (Å²) in [7, 11) is 8.42. The van der Waals surface area contributed by atoms with Gasteiger partial charge in [0, 0.05) is 25.0 Å². The molecule has 7 nitrogen and oxygen atoms in total. The quantitative estimate of drug-likeness (QED) is 0.406. The summed E-state index contributed by atoms with van der Waals surface area (Å²) in [6.07, 6.45) is 1.62. The Balaban J connectivity index is 2.03. The van der Waals surface area contributed by atoms with E-state index >= 15 is 0 Å². The molecule has 0 unspecified atom stereocenters. The summed E-state index contributed by atoms with van der Waals surface area (Å²) < 4.78 is 22.9. The molecule has 0 saturated heterocycles. The van der Waals surface area contributed by atoms with Gasteiger partial charge in [0.15, 0.2) is 11.5 Å². The van der Waals surface area contributed by atoms with Crippen molar-refractivity contribution in [1.82, 2.24) is 4.90 Å². The van der Waals surface area contributed by atoms with Gasteiger partial charge in [0.25, 0.3) is 0 Å². The van der Waals surface area contributed by atoms with Gasteiger partial charge in [-0.25, -0.2) is 4.99 Å². The van der Waals surface area contributed by atoms with E-state index in [1.54, 1.807) is 32.6 Å². The SMILES string of the molecule is COc1cc([C@@H]2C(C#N)=C(N=CN(C)C)Oc3c2ccc2ccccc32)cc(OC)c1OC. The molecule has 4 rings (SSSR count). The van der Waals surface area contributed by atoms with E-state index in [4.69, 9.17) is 18.9 Å². The first-order valence-electron chi connectivity index (χ1n) is 10.4. The fraction of sp³-hybridized carbons (Fsp3) is 0.231. The molecule has 1 atom stereocenters. The van der Waals surface area contributed by atoms with Crippen LogP contribution in [0.5, 0.6) is 23.0 Å². The zero-order chi connectivity index (χ0) is 23.5. The molecule has 1 aliphatic heterocycles. The molecule has 0 amide bonds. The summed E-state index contributed by atoms with van der Waals surface area (Å²) in [5.74, 6) is 2.01. The fourth-order valence-electron chi connectivity index (χ4n) is 4.02. The zero-order valence-corrected chi connectivity index (χ0v) is 19.2. The maximum Gasteiger partial charge on any atom is 0.235 e. The molecule has 168 valence electrons. The zero-order valence-electron chi connectivity index (χ0n) is 19.2. The Morgan fingerprint density at radius 2 is 1.70 bits per heavy atom. The second-order valence-corrected chi connectivity index (χ2v) is 7.74. The lowest BCUT2D eigenvalue weighted by Crippen LogP contribution is -2.17. The average Bonchev–Trinajstić information content (AvgIpc) is 2.85. The van der Waals surface area contributed by atoms with Gasteiger partial charge in [-0.3, -0.25) is 0 Å². The van der Waals surface area contributed by atoms with Gasteiger partial charge in [0.2, 0.25) is 11.6 Å². The van der Waals surface area contributed by atoms with Crippen LogP contribution in [0.15, 0.2) is 65.0 Å². The minimum absolute atomic E-state index is 0.258. The number of fused-ring (bicyclic) bond motifs is 3. The maximum absolute atomic E-state index is 10.2. The summed E-state index contributed by atoms with van der Waals surface area (Å²) in [5, 5.41) is 12.2. The van der Waals surface area contributed by atoms with Gasteiger partial charge in [-0.05, 0) is 23.1 Å². The van der Waals surface area contributed by atoms with E-state index in [1.807, 2.05) is 62.6 Å². The van der Waals surface area contributed by atoms with E-state index in [2.05, 4.69) is 11.1 Å². The molecule has 7 heteroatoms. The Bertz CT molecular complexity index is 1280. The van der Waals surface area contributed by atoms with Crippen LogP contribution < -0.4 is 18.9 Å². The van der Waals surface area contributed by atoms with E-state index in [1.165, 1.54) is 0 Å². The van der Waals surface area contributed by atoms with Gasteiger partial charge in [-0.1, -0.05) is 36.4 Å². The van der Waals surface area contributed by atoms with E-state index in [0.717, 1.165) is 21.9 Å². The third kappa shape index (κ3) is 3.92. The van der Waals surface area contributed by atoms with Crippen molar-refractivity contribution in [2.24, 2.45) is 4.99 Å². The second kappa shape index (κ2) is 9.13. The van der Waals surface area contributed by atoms with Gasteiger partial charge in [-0.2, -0.15) is 5.26 Å². The predicted molar refractivity (Wildman–Crippen MR) is 127 cm³/mol. The number of nitrogens with zero attached hydrogens (tertiary/aromatic N) is 3. The smallest absolute Gasteiger partial charge is 0.235 e. The second-order valence-electron chi connectivity index (χ2n) is 7.74. The van der Waals surface area contributed by atoms with Crippen molar-refractivity contribution in [1.29, 1.82) is 5.26 Å². The Hall–Kier alpha value is -4.18. The Morgan fingerprint density at radius 1 is 1.00 bits per heavy atom. The summed E-state index contributed by atoms with van der Waals surface area (Å²) in [6, 6.07) is 18.1. The normalized spacial score (nSPS) is 15.1. The molecule has 0 aromatic heterocycles. The van der Waals surface area contributed by atoms with Gasteiger partial charge >= 0.3 is 0 Å². The van der Waals surface area contributed by atoms with E-state index in [0.29, 0.717) is 28.6 Å². The van der Waals surface area contributed by atoms with Crippen molar-refractivity contribution in [3.63, 3.8) is 0 Å². The first kappa shape index (κ1) is 22.0. The molecule has 33 heavy (non-hydrogen) atoms. The molecule has 0 radical (unpaired) electrons. The van der Waals surface area contributed by atoms with E-state index in [9.17, 15) is 5.26 Å². The highest BCUT2D eigenvalue weighted by atomic mass is 16.5. The van der Waals surface area contributed by atoms with Crippen LogP contribution in [0.3, 0.4) is 0 Å². The number of hydrogen-bond acceptors (Lipinski definition) is 6. The first-order chi connectivity index (χ1) is 16.0. The van der Waals surface area contributed by atoms with Crippen LogP contribution in [0, 0.1) is 11.3 Å². The van der Waals surface area contributed by atoms with Crippen molar-refractivity contribution in [2.75, 3.05) is 35.4 Å². The van der Waals surface area contributed by atoms with Gasteiger partial charge < -0.3 is 23.8 Å². The first-order valence-corrected chi connectivity index (χ1v) is 10.4. The Labute approximate surface area is 193 Å². The Morgan fingerprint density at radius 3 is 2.30 bits per heavy atom. The Kier molecular flexibility index (Phi) is 6.09. The lowest BCUT2D eigenvalue weighted by molar-refractivity contribution is 0.323. The van der Waals surface area contributed by atoms with E-state index in [-0.39, 0.29) is 5.88 Å². The molecular weight excluding hydrogens is 418 g/mol. The van der Waals surface area contributed by atoms with Crippen LogP contribution in [-0.4, -0.2) is 46.7 Å². The summed E-state index contributed by atoms with van der Waals surface area (Å²) in [4.78, 5) is 6.27. The number of ether oxygens (including phenoxy) is 4. The summed E-state index contributed by atoms with van der Waals surface area (Å²) in [6.45, 7) is 0. The number of aliphatic imine (C=N–C) groups is 1. The highest BCUT2D eigenvalue weighted by molar-refractivity contribution is 5.91. The largest absolute Gasteiger partial charge is 0.493 e. The van der Waals surface area contributed by atoms with Crippen molar-refractivity contribution >= 4 is 17.1 Å². The molecule has 0 N–H and O–H groups in total. The van der Waals surface area contributed by atoms with Crippen LogP contribution in [-0.2, 0) is 0 Å². The van der Waals surface area contributed by atoms with E-state index < -0.39 is 5.92 Å². The molecule has 0 bridgehead atoms.